The van der Waals surface area contributed by atoms with E-state index in [1.807, 2.05) is 4.72 Å². The van der Waals surface area contributed by atoms with E-state index < -0.39 is 21.7 Å². The van der Waals surface area contributed by atoms with Crippen LogP contribution >= 0.6 is 15.9 Å². The van der Waals surface area contributed by atoms with Crippen molar-refractivity contribution in [2.45, 2.75) is 11.8 Å². The molecule has 0 bridgehead atoms. The fraction of sp³-hybridized carbons (Fsp3) is 0.150. The quantitative estimate of drug-likeness (QED) is 0.440. The first-order chi connectivity index (χ1) is 15.0. The second-order valence-corrected chi connectivity index (χ2v) is 9.58. The van der Waals surface area contributed by atoms with Crippen LogP contribution in [0.1, 0.15) is 16.1 Å². The number of halogens is 2. The van der Waals surface area contributed by atoms with E-state index in [-0.39, 0.29) is 37.6 Å². The van der Waals surface area contributed by atoms with E-state index in [4.69, 9.17) is 4.52 Å². The second kappa shape index (κ2) is 7.71. The minimum Gasteiger partial charge on any atom is -0.360 e. The third-order valence-corrected chi connectivity index (χ3v) is 7.32. The van der Waals surface area contributed by atoms with Gasteiger partial charge in [0.25, 0.3) is 15.9 Å². The van der Waals surface area contributed by atoms with E-state index in [0.29, 0.717) is 11.0 Å². The molecule has 0 aliphatic carbocycles. The van der Waals surface area contributed by atoms with Crippen LogP contribution in [0, 0.1) is 12.7 Å². The third kappa shape index (κ3) is 3.54. The highest BCUT2D eigenvalue weighted by Gasteiger charge is 2.28. The monoisotopic (exact) mass is 522 g/mol. The van der Waals surface area contributed by atoms with Gasteiger partial charge in [0.05, 0.1) is 11.0 Å². The number of carbonyl (C=O) groups excluding carboxylic acids is 1. The van der Waals surface area contributed by atoms with Crippen LogP contribution in [0.25, 0.3) is 22.3 Å². The zero-order valence-electron chi connectivity index (χ0n) is 17.0. The fourth-order valence-corrected chi connectivity index (χ4v) is 5.42. The molecule has 12 heteroatoms. The minimum atomic E-state index is -4.37. The summed E-state index contributed by atoms with van der Waals surface area (Å²) in [5.41, 5.74) is 0.683. The number of hydrogen-bond donors (Lipinski definition) is 1. The number of benzene rings is 2. The average Bonchev–Trinajstić information content (AvgIpc) is 3.21. The normalized spacial score (nSPS) is 11.8. The Balaban J connectivity index is 1.77. The van der Waals surface area contributed by atoms with Crippen LogP contribution in [0.5, 0.6) is 0 Å². The van der Waals surface area contributed by atoms with Crippen LogP contribution in [-0.4, -0.2) is 28.6 Å². The van der Waals surface area contributed by atoms with Crippen LogP contribution in [0.15, 0.2) is 55.1 Å². The van der Waals surface area contributed by atoms with Crippen molar-refractivity contribution in [2.75, 3.05) is 0 Å². The van der Waals surface area contributed by atoms with Gasteiger partial charge in [-0.25, -0.2) is 22.3 Å². The van der Waals surface area contributed by atoms with Crippen molar-refractivity contribution in [2.24, 2.45) is 14.1 Å². The first-order valence-corrected chi connectivity index (χ1v) is 11.4. The van der Waals surface area contributed by atoms with Gasteiger partial charge in [-0.2, -0.15) is 0 Å². The standard InChI is InChI=1S/C20H16BrFN4O5S/c1-10-17(18(23-31-10)11-5-4-6-12(22)7-11)19(27)24-32(29,30)16-9-15-14(8-13(16)21)25(2)20(28)26(15)3/h4-9H,1-3H3,(H,24,27). The molecule has 0 aliphatic rings. The molecule has 9 nitrogen and oxygen atoms in total. The number of rotatable bonds is 4. The number of hydrogen-bond acceptors (Lipinski definition) is 6. The molecule has 0 saturated heterocycles. The van der Waals surface area contributed by atoms with E-state index in [1.165, 1.54) is 53.4 Å². The number of aryl methyl sites for hydroxylation is 3. The lowest BCUT2D eigenvalue weighted by atomic mass is 10.1. The zero-order chi connectivity index (χ0) is 23.4. The van der Waals surface area contributed by atoms with Gasteiger partial charge in [0, 0.05) is 24.1 Å². The number of sulfonamides is 1. The molecular weight excluding hydrogens is 507 g/mol. The number of carbonyl (C=O) groups is 1. The average molecular weight is 523 g/mol. The lowest BCUT2D eigenvalue weighted by molar-refractivity contribution is 0.0980. The van der Waals surface area contributed by atoms with Gasteiger partial charge < -0.3 is 4.52 Å². The highest BCUT2D eigenvalue weighted by atomic mass is 79.9. The number of fused-ring (bicyclic) bond motifs is 1. The Morgan fingerprint density at radius 3 is 2.47 bits per heavy atom. The molecule has 0 saturated carbocycles. The van der Waals surface area contributed by atoms with Gasteiger partial charge in [-0.1, -0.05) is 17.3 Å². The molecule has 0 unspecified atom stereocenters. The highest BCUT2D eigenvalue weighted by Crippen LogP contribution is 2.29. The molecular formula is C20H16BrFN4O5S. The van der Waals surface area contributed by atoms with Gasteiger partial charge in [-0.15, -0.1) is 0 Å². The number of imidazole rings is 1. The molecule has 32 heavy (non-hydrogen) atoms. The molecule has 1 amide bonds. The van der Waals surface area contributed by atoms with Crippen LogP contribution in [0.4, 0.5) is 4.39 Å². The Hall–Kier alpha value is -3.25. The van der Waals surface area contributed by atoms with Crippen LogP contribution in [0.2, 0.25) is 0 Å². The molecule has 4 rings (SSSR count). The second-order valence-electron chi connectivity index (χ2n) is 7.08. The molecule has 0 aliphatic heterocycles. The van der Waals surface area contributed by atoms with E-state index in [1.54, 1.807) is 7.05 Å². The van der Waals surface area contributed by atoms with Gasteiger partial charge in [0.1, 0.15) is 27.7 Å². The Kier molecular flexibility index (Phi) is 5.29. The molecule has 0 spiro atoms. The summed E-state index contributed by atoms with van der Waals surface area (Å²) < 4.78 is 49.6. The van der Waals surface area contributed by atoms with Gasteiger partial charge in [0.2, 0.25) is 0 Å². The number of nitrogens with zero attached hydrogens (tertiary/aromatic N) is 3. The maximum absolute atomic E-state index is 13.6. The summed E-state index contributed by atoms with van der Waals surface area (Å²) in [5.74, 6) is -1.47. The largest absolute Gasteiger partial charge is 0.360 e. The lowest BCUT2D eigenvalue weighted by Crippen LogP contribution is -2.31. The summed E-state index contributed by atoms with van der Waals surface area (Å²) in [4.78, 5) is 24.9. The summed E-state index contributed by atoms with van der Waals surface area (Å²) in [7, 11) is -1.29. The summed E-state index contributed by atoms with van der Waals surface area (Å²) in [6.45, 7) is 1.44. The number of aromatic nitrogens is 3. The van der Waals surface area contributed by atoms with Crippen molar-refractivity contribution in [3.63, 3.8) is 0 Å². The smallest absolute Gasteiger partial charge is 0.328 e. The summed E-state index contributed by atoms with van der Waals surface area (Å²) in [5, 5.41) is 3.79. The molecule has 2 aromatic heterocycles. The zero-order valence-corrected chi connectivity index (χ0v) is 19.4. The molecule has 0 fully saturated rings. The van der Waals surface area contributed by atoms with Gasteiger partial charge >= 0.3 is 5.69 Å². The maximum atomic E-state index is 13.6. The summed E-state index contributed by atoms with van der Waals surface area (Å²) in [6.07, 6.45) is 0. The molecule has 166 valence electrons. The predicted molar refractivity (Wildman–Crippen MR) is 117 cm³/mol. The van der Waals surface area contributed by atoms with E-state index in [2.05, 4.69) is 21.1 Å². The summed E-state index contributed by atoms with van der Waals surface area (Å²) >= 11 is 3.21. The first kappa shape index (κ1) is 22.0. The number of nitrogens with one attached hydrogen (secondary N) is 1. The molecule has 1 N–H and O–H groups in total. The lowest BCUT2D eigenvalue weighted by Gasteiger charge is -2.10. The molecule has 2 heterocycles. The molecule has 2 aromatic carbocycles. The highest BCUT2D eigenvalue weighted by molar-refractivity contribution is 9.10. The molecule has 4 aromatic rings. The Morgan fingerprint density at radius 1 is 1.16 bits per heavy atom. The van der Waals surface area contributed by atoms with Crippen molar-refractivity contribution in [3.05, 3.63) is 68.5 Å². The van der Waals surface area contributed by atoms with E-state index in [0.717, 1.165) is 6.07 Å². The van der Waals surface area contributed by atoms with E-state index in [9.17, 15) is 22.4 Å². The van der Waals surface area contributed by atoms with Gasteiger partial charge in [-0.05, 0) is 47.1 Å². The van der Waals surface area contributed by atoms with Crippen molar-refractivity contribution >= 4 is 42.9 Å². The maximum Gasteiger partial charge on any atom is 0.328 e. The van der Waals surface area contributed by atoms with Crippen molar-refractivity contribution in [1.82, 2.24) is 19.0 Å². The summed E-state index contributed by atoms with van der Waals surface area (Å²) in [6, 6.07) is 8.12. The van der Waals surface area contributed by atoms with Crippen LogP contribution in [-0.2, 0) is 24.1 Å². The van der Waals surface area contributed by atoms with Crippen molar-refractivity contribution in [1.29, 1.82) is 0 Å². The van der Waals surface area contributed by atoms with Crippen LogP contribution in [0.3, 0.4) is 0 Å². The topological polar surface area (TPSA) is 116 Å². The van der Waals surface area contributed by atoms with Crippen molar-refractivity contribution < 1.29 is 22.1 Å². The number of amides is 1. The minimum absolute atomic E-state index is 0.00896. The van der Waals surface area contributed by atoms with E-state index >= 15 is 0 Å². The Labute approximate surface area is 189 Å². The predicted octanol–water partition coefficient (Wildman–Crippen LogP) is 2.86. The van der Waals surface area contributed by atoms with Gasteiger partial charge in [0.15, 0.2) is 0 Å². The Morgan fingerprint density at radius 2 is 1.81 bits per heavy atom. The Bertz CT molecular complexity index is 1570. The fourth-order valence-electron chi connectivity index (χ4n) is 3.41. The third-order valence-electron chi connectivity index (χ3n) is 5.03. The van der Waals surface area contributed by atoms with Crippen LogP contribution < -0.4 is 10.4 Å². The SMILES string of the molecule is Cc1onc(-c2cccc(F)c2)c1C(=O)NS(=O)(=O)c1cc2c(cc1Br)n(C)c(=O)n2C. The molecule has 0 atom stereocenters. The first-order valence-electron chi connectivity index (χ1n) is 9.15. The van der Waals surface area contributed by atoms with Crippen molar-refractivity contribution in [3.8, 4) is 11.3 Å². The molecule has 0 radical (unpaired) electrons. The van der Waals surface area contributed by atoms with Gasteiger partial charge in [-0.3, -0.25) is 13.9 Å².